The van der Waals surface area contributed by atoms with Crippen LogP contribution in [0.3, 0.4) is 0 Å². The molecule has 1 aliphatic heterocycles. The Balaban J connectivity index is 0.000000331. The molecule has 0 saturated heterocycles. The second-order valence-electron chi connectivity index (χ2n) is 7.10. The minimum Gasteiger partial charge on any atom is -0.494 e. The maximum absolute atomic E-state index is 9.43. The molecule has 0 spiro atoms. The van der Waals surface area contributed by atoms with Gasteiger partial charge in [0.15, 0.2) is 0 Å². The second kappa shape index (κ2) is 14.4. The van der Waals surface area contributed by atoms with Crippen molar-refractivity contribution in [3.8, 4) is 17.2 Å². The van der Waals surface area contributed by atoms with Crippen molar-refractivity contribution in [1.82, 2.24) is 20.1 Å². The van der Waals surface area contributed by atoms with Gasteiger partial charge >= 0.3 is 0 Å². The molecule has 0 atom stereocenters. The summed E-state index contributed by atoms with van der Waals surface area (Å²) < 4.78 is 17.4. The van der Waals surface area contributed by atoms with Crippen LogP contribution in [-0.2, 0) is 14.3 Å². The molecule has 1 N–H and O–H groups in total. The van der Waals surface area contributed by atoms with Gasteiger partial charge in [-0.3, -0.25) is 9.59 Å². The van der Waals surface area contributed by atoms with Crippen LogP contribution in [-0.4, -0.2) is 73.4 Å². The molecule has 3 aromatic rings. The van der Waals surface area contributed by atoms with Crippen LogP contribution in [0, 0.1) is 6.92 Å². The van der Waals surface area contributed by atoms with Gasteiger partial charge in [0.25, 0.3) is 6.47 Å². The Morgan fingerprint density at radius 2 is 2.06 bits per heavy atom. The number of carbonyl (C=O) groups is 2. The van der Waals surface area contributed by atoms with Crippen molar-refractivity contribution in [2.45, 2.75) is 13.8 Å². The summed E-state index contributed by atoms with van der Waals surface area (Å²) in [6.07, 6.45) is 2.42. The largest absolute Gasteiger partial charge is 0.494 e. The zero-order valence-electron chi connectivity index (χ0n) is 20.1. The highest BCUT2D eigenvalue weighted by Gasteiger charge is 2.21. The summed E-state index contributed by atoms with van der Waals surface area (Å²) in [5.41, 5.74) is 3.59. The van der Waals surface area contributed by atoms with E-state index in [-0.39, 0.29) is 0 Å². The molecule has 10 nitrogen and oxygen atoms in total. The van der Waals surface area contributed by atoms with E-state index < -0.39 is 0 Å². The number of halogens is 2. The van der Waals surface area contributed by atoms with Gasteiger partial charge in [-0.2, -0.15) is 5.10 Å². The average molecular weight is 571 g/mol. The first-order chi connectivity index (χ1) is 16.9. The smallest absolute Gasteiger partial charge is 0.293 e. The van der Waals surface area contributed by atoms with E-state index >= 15 is 0 Å². The first-order valence-electron chi connectivity index (χ1n) is 10.8. The normalized spacial score (nSPS) is 11.7. The van der Waals surface area contributed by atoms with Crippen LogP contribution in [0.1, 0.15) is 12.6 Å². The summed E-state index contributed by atoms with van der Waals surface area (Å²) in [6, 6.07) is 5.75. The highest BCUT2D eigenvalue weighted by molar-refractivity contribution is 9.09. The van der Waals surface area contributed by atoms with Crippen molar-refractivity contribution in [2.24, 2.45) is 0 Å². The predicted molar refractivity (Wildman–Crippen MR) is 139 cm³/mol. The Hall–Kier alpha value is -3.05. The van der Waals surface area contributed by atoms with Crippen LogP contribution in [0.4, 0.5) is 5.69 Å². The van der Waals surface area contributed by atoms with Gasteiger partial charge in [0, 0.05) is 48.7 Å². The van der Waals surface area contributed by atoms with E-state index in [0.29, 0.717) is 37.8 Å². The minimum absolute atomic E-state index is 0.427. The number of alkyl halides is 1. The van der Waals surface area contributed by atoms with Gasteiger partial charge in [-0.1, -0.05) is 27.5 Å². The van der Waals surface area contributed by atoms with Gasteiger partial charge in [0.05, 0.1) is 37.2 Å². The van der Waals surface area contributed by atoms with E-state index in [2.05, 4.69) is 41.0 Å². The van der Waals surface area contributed by atoms with Crippen LogP contribution in [0.2, 0.25) is 5.15 Å². The van der Waals surface area contributed by atoms with Gasteiger partial charge in [-0.15, -0.1) is 0 Å². The maximum Gasteiger partial charge on any atom is 0.293 e. The van der Waals surface area contributed by atoms with Crippen molar-refractivity contribution >= 4 is 57.0 Å². The monoisotopic (exact) mass is 569 g/mol. The van der Waals surface area contributed by atoms with Crippen LogP contribution >= 0.6 is 27.5 Å². The molecular weight excluding hydrogens is 542 g/mol. The molecule has 1 amide bonds. The summed E-state index contributed by atoms with van der Waals surface area (Å²) in [6.45, 7) is 6.83. The quantitative estimate of drug-likeness (QED) is 0.199. The molecule has 35 heavy (non-hydrogen) atoms. The topological polar surface area (TPSA) is 108 Å². The zero-order valence-corrected chi connectivity index (χ0v) is 22.4. The molecule has 1 aliphatic rings. The predicted octanol–water partition coefficient (Wildman–Crippen LogP) is 3.53. The molecule has 1 aromatic carbocycles. The van der Waals surface area contributed by atoms with Crippen LogP contribution in [0.5, 0.6) is 11.5 Å². The molecule has 3 heterocycles. The van der Waals surface area contributed by atoms with Crippen LogP contribution < -0.4 is 19.7 Å². The number of hydrogen-bond acceptors (Lipinski definition) is 8. The Morgan fingerprint density at radius 1 is 1.29 bits per heavy atom. The van der Waals surface area contributed by atoms with Gasteiger partial charge in [-0.25, -0.2) is 9.67 Å². The number of pyridine rings is 1. The maximum atomic E-state index is 9.43. The summed E-state index contributed by atoms with van der Waals surface area (Å²) in [7, 11) is 3.70. The van der Waals surface area contributed by atoms with Crippen molar-refractivity contribution in [2.75, 3.05) is 50.7 Å². The fourth-order valence-electron chi connectivity index (χ4n) is 3.19. The Labute approximate surface area is 217 Å². The van der Waals surface area contributed by atoms with Gasteiger partial charge in [0.1, 0.15) is 28.9 Å². The number of amides is 1. The Bertz CT molecular complexity index is 1130. The van der Waals surface area contributed by atoms with Crippen molar-refractivity contribution in [3.63, 3.8) is 0 Å². The van der Waals surface area contributed by atoms with Crippen LogP contribution in [0.15, 0.2) is 24.4 Å². The van der Waals surface area contributed by atoms with Crippen molar-refractivity contribution in [1.29, 1.82) is 0 Å². The number of hydrogen-bond donors (Lipinski definition) is 1. The molecule has 12 heteroatoms. The molecule has 0 unspecified atom stereocenters. The number of fused-ring (bicyclic) bond motifs is 2. The molecular formula is C23H29BrClN5O5. The molecule has 190 valence electrons. The summed E-state index contributed by atoms with van der Waals surface area (Å²) in [5, 5.41) is 9.33. The molecule has 0 fully saturated rings. The number of rotatable bonds is 7. The van der Waals surface area contributed by atoms with E-state index in [1.54, 1.807) is 20.2 Å². The summed E-state index contributed by atoms with van der Waals surface area (Å²) in [5.74, 6) is 1.55. The summed E-state index contributed by atoms with van der Waals surface area (Å²) in [4.78, 5) is 24.9. The van der Waals surface area contributed by atoms with Crippen molar-refractivity contribution in [3.05, 3.63) is 35.2 Å². The Morgan fingerprint density at radius 3 is 2.63 bits per heavy atom. The van der Waals surface area contributed by atoms with Gasteiger partial charge < -0.3 is 24.4 Å². The molecule has 0 saturated carbocycles. The number of carbonyl (C=O) groups excluding carboxylic acids is 2. The summed E-state index contributed by atoms with van der Waals surface area (Å²) >= 11 is 9.21. The molecule has 0 aliphatic carbocycles. The van der Waals surface area contributed by atoms with E-state index in [4.69, 9.17) is 21.1 Å². The number of aromatic nitrogens is 3. The third-order valence-electron chi connectivity index (χ3n) is 4.86. The van der Waals surface area contributed by atoms with Crippen molar-refractivity contribution < 1.29 is 23.8 Å². The van der Waals surface area contributed by atoms with E-state index in [1.807, 2.05) is 36.9 Å². The lowest BCUT2D eigenvalue weighted by molar-refractivity contribution is -0.128. The first-order valence-corrected chi connectivity index (χ1v) is 12.3. The number of anilines is 1. The fourth-order valence-corrected chi connectivity index (χ4v) is 3.57. The number of ether oxygens (including phenoxy) is 3. The first kappa shape index (κ1) is 28.2. The second-order valence-corrected chi connectivity index (χ2v) is 8.28. The molecule has 2 aromatic heterocycles. The number of aryl methyl sites for hydroxylation is 1. The third-order valence-corrected chi connectivity index (χ3v) is 5.46. The number of likely N-dealkylation sites (N-methyl/N-ethyl adjacent to an activating group) is 1. The van der Waals surface area contributed by atoms with E-state index in [0.717, 1.165) is 51.3 Å². The molecule has 4 rings (SSSR count). The third kappa shape index (κ3) is 7.46. The standard InChI is InChI=1S/C17H17ClN4O2.C3H6BrNO.C3H6O2/c1-10-11-9-19-17(18)8-12(11)22(20-10)14-7-16-13(6-15(14)23-3)21(2)4-5-24-16;4-1-2-5-3-6;1-2-5-3-4/h6-9H,4-5H2,1-3H3;3H,1-2H2,(H,5,6);3H,2H2,1H3. The van der Waals surface area contributed by atoms with Crippen LogP contribution in [0.25, 0.3) is 16.6 Å². The van der Waals surface area contributed by atoms with E-state index in [1.165, 1.54) is 0 Å². The highest BCUT2D eigenvalue weighted by atomic mass is 79.9. The lowest BCUT2D eigenvalue weighted by Crippen LogP contribution is -2.28. The molecule has 0 bridgehead atoms. The van der Waals surface area contributed by atoms with Gasteiger partial charge in [-0.05, 0) is 13.8 Å². The number of methoxy groups -OCH3 is 1. The zero-order chi connectivity index (χ0) is 25.8. The highest BCUT2D eigenvalue weighted by Crippen LogP contribution is 2.39. The number of benzene rings is 1. The number of nitrogens with zero attached hydrogens (tertiary/aromatic N) is 4. The average Bonchev–Trinajstić information content (AvgIpc) is 3.18. The fraction of sp³-hybridized carbons (Fsp3) is 0.391. The minimum atomic E-state index is 0.427. The Kier molecular flexibility index (Phi) is 11.6. The molecule has 0 radical (unpaired) electrons. The van der Waals surface area contributed by atoms with E-state index in [9.17, 15) is 9.59 Å². The van der Waals surface area contributed by atoms with Gasteiger partial charge in [0.2, 0.25) is 6.41 Å². The number of nitrogens with one attached hydrogen (secondary N) is 1. The lowest BCUT2D eigenvalue weighted by Gasteiger charge is -2.28. The lowest BCUT2D eigenvalue weighted by atomic mass is 10.2. The SMILES string of the molecule is CCOC=O.COc1cc2c(cc1-n1nc(C)c3cnc(Cl)cc31)OCCN2C.O=CNCCBr.